The molecule has 1 aliphatic heterocycles. The second kappa shape index (κ2) is 16.6. The lowest BCUT2D eigenvalue weighted by molar-refractivity contribution is -0.142. The number of aliphatic hydroxyl groups excluding tert-OH is 1. The third-order valence-corrected chi connectivity index (χ3v) is 9.70. The summed E-state index contributed by atoms with van der Waals surface area (Å²) in [5.74, 6) is -1.57. The van der Waals surface area contributed by atoms with Gasteiger partial charge in [0.05, 0.1) is 41.7 Å². The lowest BCUT2D eigenvalue weighted by atomic mass is 10.0. The molecule has 46 heavy (non-hydrogen) atoms. The third kappa shape index (κ3) is 10.7. The second-order valence-electron chi connectivity index (χ2n) is 11.8. The van der Waals surface area contributed by atoms with Crippen molar-refractivity contribution in [2.24, 2.45) is 5.92 Å². The topological polar surface area (TPSA) is 125 Å². The molecule has 0 unspecified atom stereocenters. The zero-order chi connectivity index (χ0) is 34.1. The molecule has 0 saturated carbocycles. The number of likely N-dealkylation sites (N-methyl/N-ethyl adjacent to an activating group) is 1. The molecule has 2 N–H and O–H groups in total. The number of carbonyl (C=O) groups is 2. The normalized spacial score (nSPS) is 21.2. The zero-order valence-corrected chi connectivity index (χ0v) is 27.4. The van der Waals surface area contributed by atoms with E-state index in [4.69, 9.17) is 9.47 Å². The van der Waals surface area contributed by atoms with Crippen molar-refractivity contribution in [3.05, 3.63) is 54.1 Å². The Hall–Kier alpha value is -3.20. The average Bonchev–Trinajstić information content (AvgIpc) is 3.01. The van der Waals surface area contributed by atoms with E-state index in [2.05, 4.69) is 5.32 Å². The van der Waals surface area contributed by atoms with E-state index in [1.165, 1.54) is 46.6 Å². The summed E-state index contributed by atoms with van der Waals surface area (Å²) >= 11 is 0. The molecule has 1 heterocycles. The molecule has 10 nitrogen and oxygen atoms in total. The number of fused-ring (bicyclic) bond motifs is 1. The number of alkyl halides is 3. The van der Waals surface area contributed by atoms with E-state index in [9.17, 15) is 36.3 Å². The Balaban J connectivity index is 1.94. The van der Waals surface area contributed by atoms with Gasteiger partial charge in [0, 0.05) is 44.8 Å². The van der Waals surface area contributed by atoms with Crippen LogP contribution in [0.15, 0.2) is 53.4 Å². The van der Waals surface area contributed by atoms with Crippen LogP contribution >= 0.6 is 0 Å². The first-order valence-corrected chi connectivity index (χ1v) is 16.8. The summed E-state index contributed by atoms with van der Waals surface area (Å²) in [5, 5.41) is 12.5. The summed E-state index contributed by atoms with van der Waals surface area (Å²) < 4.78 is 78.1. The summed E-state index contributed by atoms with van der Waals surface area (Å²) in [4.78, 5) is 28.0. The fourth-order valence-corrected chi connectivity index (χ4v) is 6.27. The Morgan fingerprint density at radius 2 is 1.85 bits per heavy atom. The number of sulfonamides is 1. The van der Waals surface area contributed by atoms with Crippen molar-refractivity contribution in [1.82, 2.24) is 9.21 Å². The smallest absolute Gasteiger partial charge is 0.389 e. The maximum atomic E-state index is 14.2. The summed E-state index contributed by atoms with van der Waals surface area (Å²) in [6.07, 6.45) is -5.46. The van der Waals surface area contributed by atoms with Crippen LogP contribution in [0.5, 0.6) is 5.75 Å². The monoisotopic (exact) mass is 671 g/mol. The molecule has 0 aliphatic carbocycles. The standard InChI is InChI=1S/C32H44F3N3O7S/c1-22-19-38(23(2)21-39)31(41)27-18-25(36-30(40)15-16-32(33,34)35)13-14-28(27)45-24(3)10-8-9-17-44-29(22)20-37(4)46(42,43)26-11-6-5-7-12-26/h5-7,11-14,18,22-24,29,39H,8-10,15-17,19-21H2,1-4H3,(H,36,40)/t22-,23+,24+,29-/m1/s1. The highest BCUT2D eigenvalue weighted by Crippen LogP contribution is 2.29. The summed E-state index contributed by atoms with van der Waals surface area (Å²) in [5.41, 5.74) is 0.182. The summed E-state index contributed by atoms with van der Waals surface area (Å²) in [6.45, 7) is 5.39. The van der Waals surface area contributed by atoms with Crippen LogP contribution in [-0.2, 0) is 19.6 Å². The molecule has 4 atom stereocenters. The first kappa shape index (κ1) is 37.3. The maximum Gasteiger partial charge on any atom is 0.389 e. The van der Waals surface area contributed by atoms with E-state index >= 15 is 0 Å². The van der Waals surface area contributed by atoms with E-state index in [1.54, 1.807) is 25.1 Å². The van der Waals surface area contributed by atoms with Gasteiger partial charge in [0.2, 0.25) is 15.9 Å². The number of nitrogens with one attached hydrogen (secondary N) is 1. The van der Waals surface area contributed by atoms with Crippen molar-refractivity contribution < 1.29 is 45.8 Å². The molecule has 0 aromatic heterocycles. The first-order valence-electron chi connectivity index (χ1n) is 15.3. The molecule has 0 fully saturated rings. The molecule has 256 valence electrons. The van der Waals surface area contributed by atoms with Gasteiger partial charge < -0.3 is 24.8 Å². The molecule has 2 amide bonds. The molecule has 0 saturated heterocycles. The molecule has 0 bridgehead atoms. The Bertz CT molecular complexity index is 1410. The molecule has 2 aromatic rings. The fraction of sp³-hybridized carbons (Fsp3) is 0.562. The highest BCUT2D eigenvalue weighted by Gasteiger charge is 2.33. The van der Waals surface area contributed by atoms with Gasteiger partial charge in [-0.15, -0.1) is 0 Å². The first-order chi connectivity index (χ1) is 21.6. The predicted molar refractivity (Wildman–Crippen MR) is 167 cm³/mol. The van der Waals surface area contributed by atoms with Gasteiger partial charge in [-0.25, -0.2) is 8.42 Å². The van der Waals surface area contributed by atoms with E-state index in [0.717, 1.165) is 6.42 Å². The molecule has 0 radical (unpaired) electrons. The number of rotatable bonds is 9. The van der Waals surface area contributed by atoms with Crippen LogP contribution in [0.1, 0.15) is 63.2 Å². The average molecular weight is 672 g/mol. The van der Waals surface area contributed by atoms with Crippen molar-refractivity contribution in [3.63, 3.8) is 0 Å². The van der Waals surface area contributed by atoms with Gasteiger partial charge in [-0.1, -0.05) is 25.1 Å². The number of carbonyl (C=O) groups excluding carboxylic acids is 2. The quantitative estimate of drug-likeness (QED) is 0.381. The van der Waals surface area contributed by atoms with Gasteiger partial charge in [0.15, 0.2) is 0 Å². The number of anilines is 1. The van der Waals surface area contributed by atoms with Crippen molar-refractivity contribution in [1.29, 1.82) is 0 Å². The lowest BCUT2D eigenvalue weighted by Gasteiger charge is -2.35. The van der Waals surface area contributed by atoms with E-state index in [1.807, 2.05) is 13.8 Å². The molecule has 0 spiro atoms. The summed E-state index contributed by atoms with van der Waals surface area (Å²) in [6, 6.07) is 11.7. The third-order valence-electron chi connectivity index (χ3n) is 7.86. The number of hydrogen-bond donors (Lipinski definition) is 2. The van der Waals surface area contributed by atoms with Gasteiger partial charge in [-0.2, -0.15) is 17.5 Å². The Labute approximate surface area is 268 Å². The highest BCUT2D eigenvalue weighted by molar-refractivity contribution is 7.89. The minimum atomic E-state index is -4.49. The lowest BCUT2D eigenvalue weighted by Crippen LogP contribution is -2.48. The fourth-order valence-electron chi connectivity index (χ4n) is 5.07. The van der Waals surface area contributed by atoms with Crippen LogP contribution in [0.3, 0.4) is 0 Å². The molecule has 14 heteroatoms. The number of hydrogen-bond acceptors (Lipinski definition) is 7. The Morgan fingerprint density at radius 3 is 2.50 bits per heavy atom. The van der Waals surface area contributed by atoms with Crippen LogP contribution in [0.25, 0.3) is 0 Å². The second-order valence-corrected chi connectivity index (χ2v) is 13.8. The Morgan fingerprint density at radius 1 is 1.15 bits per heavy atom. The van der Waals surface area contributed by atoms with Gasteiger partial charge in [0.1, 0.15) is 5.75 Å². The van der Waals surface area contributed by atoms with E-state index in [0.29, 0.717) is 19.4 Å². The predicted octanol–water partition coefficient (Wildman–Crippen LogP) is 5.08. The zero-order valence-electron chi connectivity index (χ0n) is 26.6. The van der Waals surface area contributed by atoms with Crippen LogP contribution in [0.2, 0.25) is 0 Å². The van der Waals surface area contributed by atoms with Gasteiger partial charge in [-0.3, -0.25) is 9.59 Å². The van der Waals surface area contributed by atoms with Crippen LogP contribution in [0, 0.1) is 5.92 Å². The largest absolute Gasteiger partial charge is 0.490 e. The minimum absolute atomic E-state index is 0.0120. The van der Waals surface area contributed by atoms with E-state index in [-0.39, 0.29) is 47.7 Å². The van der Waals surface area contributed by atoms with E-state index < -0.39 is 58.9 Å². The van der Waals surface area contributed by atoms with Gasteiger partial charge >= 0.3 is 6.18 Å². The molecular formula is C32H44F3N3O7S. The minimum Gasteiger partial charge on any atom is -0.490 e. The number of halogens is 3. The van der Waals surface area contributed by atoms with Crippen LogP contribution < -0.4 is 10.1 Å². The number of amides is 2. The molecule has 1 aliphatic rings. The highest BCUT2D eigenvalue weighted by atomic mass is 32.2. The number of aliphatic hydroxyl groups is 1. The Kier molecular flexibility index (Phi) is 13.4. The molecule has 3 rings (SSSR count). The summed E-state index contributed by atoms with van der Waals surface area (Å²) in [7, 11) is -2.35. The van der Waals surface area contributed by atoms with Crippen LogP contribution in [0.4, 0.5) is 18.9 Å². The SMILES string of the molecule is C[C@@H]1CN([C@@H](C)CO)C(=O)c2cc(NC(=O)CCC(F)(F)F)ccc2O[C@@H](C)CCCCO[C@@H]1CN(C)S(=O)(=O)c1ccccc1. The molecule has 2 aromatic carbocycles. The van der Waals surface area contributed by atoms with Gasteiger partial charge in [-0.05, 0) is 63.4 Å². The number of nitrogens with zero attached hydrogens (tertiary/aromatic N) is 2. The van der Waals surface area contributed by atoms with Crippen molar-refractivity contribution in [3.8, 4) is 5.75 Å². The maximum absolute atomic E-state index is 14.2. The van der Waals surface area contributed by atoms with Gasteiger partial charge in [0.25, 0.3) is 5.91 Å². The van der Waals surface area contributed by atoms with Crippen molar-refractivity contribution >= 4 is 27.5 Å². The number of ether oxygens (including phenoxy) is 2. The molecular weight excluding hydrogens is 627 g/mol. The van der Waals surface area contributed by atoms with Crippen LogP contribution in [-0.4, -0.2) is 92.3 Å². The number of benzene rings is 2. The van der Waals surface area contributed by atoms with Crippen molar-refractivity contribution in [2.75, 3.05) is 38.7 Å². The van der Waals surface area contributed by atoms with Crippen molar-refractivity contribution in [2.45, 2.75) is 82.2 Å².